The largest absolute Gasteiger partial charge is 0.493 e. The molecule has 1 unspecified atom stereocenters. The smallest absolute Gasteiger partial charge is 0.247 e. The number of carbonyl (C=O) groups excluding carboxylic acids is 3. The highest BCUT2D eigenvalue weighted by molar-refractivity contribution is 14.1. The van der Waals surface area contributed by atoms with Gasteiger partial charge in [-0.1, -0.05) is 12.1 Å². The molecule has 2 aromatic carbocycles. The summed E-state index contributed by atoms with van der Waals surface area (Å²) in [7, 11) is 1.42. The van der Waals surface area contributed by atoms with Gasteiger partial charge < -0.3 is 34.6 Å². The molecule has 0 saturated carbocycles. The molecule has 3 N–H and O–H groups in total. The lowest BCUT2D eigenvalue weighted by Crippen LogP contribution is -2.56. The number of nitrogens with zero attached hydrogens (tertiary/aromatic N) is 1. The first-order valence-corrected chi connectivity index (χ1v) is 14.7. The summed E-state index contributed by atoms with van der Waals surface area (Å²) in [5.74, 6) is -0.976. The van der Waals surface area contributed by atoms with Crippen molar-refractivity contribution in [3.8, 4) is 11.5 Å². The molecule has 4 rings (SSSR count). The van der Waals surface area contributed by atoms with Crippen molar-refractivity contribution in [3.63, 3.8) is 0 Å². The zero-order chi connectivity index (χ0) is 30.2. The second kappa shape index (κ2) is 14.9. The molecule has 12 heteroatoms. The van der Waals surface area contributed by atoms with Crippen LogP contribution in [-0.2, 0) is 20.7 Å². The molecule has 2 aliphatic rings. The Balaban J connectivity index is 1.70. The predicted molar refractivity (Wildman–Crippen MR) is 159 cm³/mol. The first-order chi connectivity index (χ1) is 20.2. The van der Waals surface area contributed by atoms with E-state index < -0.39 is 35.9 Å². The zero-order valence-corrected chi connectivity index (χ0v) is 25.3. The molecule has 226 valence electrons. The molecule has 2 amide bonds. The molecule has 0 bridgehead atoms. The van der Waals surface area contributed by atoms with Crippen molar-refractivity contribution in [1.29, 1.82) is 0 Å². The van der Waals surface area contributed by atoms with E-state index in [1.165, 1.54) is 31.4 Å². The number of nitrogens with one attached hydrogen (secondary N) is 1. The zero-order valence-electron chi connectivity index (χ0n) is 23.1. The van der Waals surface area contributed by atoms with Crippen LogP contribution in [0, 0.1) is 15.3 Å². The van der Waals surface area contributed by atoms with E-state index in [-0.39, 0.29) is 55.7 Å². The summed E-state index contributed by atoms with van der Waals surface area (Å²) in [4.78, 5) is 39.8. The van der Waals surface area contributed by atoms with Crippen LogP contribution in [0.4, 0.5) is 4.39 Å². The van der Waals surface area contributed by atoms with Crippen molar-refractivity contribution in [2.45, 2.75) is 37.5 Å². The lowest BCUT2D eigenvalue weighted by molar-refractivity contribution is -0.142. The summed E-state index contributed by atoms with van der Waals surface area (Å²) < 4.78 is 31.6. The van der Waals surface area contributed by atoms with Crippen LogP contribution in [0.1, 0.15) is 28.8 Å². The molecule has 0 aromatic heterocycles. The van der Waals surface area contributed by atoms with E-state index in [2.05, 4.69) is 5.32 Å². The van der Waals surface area contributed by atoms with Crippen LogP contribution in [0.3, 0.4) is 0 Å². The number of amides is 2. The number of hydrogen-bond donors (Lipinski definition) is 3. The number of rotatable bonds is 12. The Hall–Kier alpha value is -3.07. The number of benzene rings is 2. The minimum Gasteiger partial charge on any atom is -0.493 e. The third kappa shape index (κ3) is 7.65. The predicted octanol–water partition coefficient (Wildman–Crippen LogP) is 2.27. The summed E-state index contributed by atoms with van der Waals surface area (Å²) in [6.45, 7) is 0.611. The Morgan fingerprint density at radius 3 is 2.76 bits per heavy atom. The number of aldehydes is 1. The van der Waals surface area contributed by atoms with Crippen molar-refractivity contribution < 1.29 is 43.2 Å². The van der Waals surface area contributed by atoms with Crippen LogP contribution in [0.25, 0.3) is 0 Å². The van der Waals surface area contributed by atoms with E-state index in [1.807, 2.05) is 22.6 Å². The minimum atomic E-state index is -1.26. The Morgan fingerprint density at radius 2 is 2.10 bits per heavy atom. The Kier molecular flexibility index (Phi) is 11.3. The van der Waals surface area contributed by atoms with Crippen LogP contribution in [0.2, 0.25) is 0 Å². The van der Waals surface area contributed by atoms with Gasteiger partial charge in [0.15, 0.2) is 11.5 Å². The molecule has 10 nitrogen and oxygen atoms in total. The molecule has 1 aliphatic carbocycles. The molecule has 1 aliphatic heterocycles. The molecule has 42 heavy (non-hydrogen) atoms. The van der Waals surface area contributed by atoms with Crippen LogP contribution >= 0.6 is 22.6 Å². The Bertz CT molecular complexity index is 1320. The monoisotopic (exact) mass is 696 g/mol. The number of carbonyl (C=O) groups is 3. The van der Waals surface area contributed by atoms with Crippen LogP contribution < -0.4 is 14.8 Å². The number of ether oxygens (including phenoxy) is 3. The number of aliphatic hydroxyl groups excluding tert-OH is 2. The first-order valence-electron chi connectivity index (χ1n) is 13.7. The fourth-order valence-corrected chi connectivity index (χ4v) is 5.94. The molecule has 4 atom stereocenters. The van der Waals surface area contributed by atoms with E-state index in [0.717, 1.165) is 0 Å². The molecule has 0 radical (unpaired) electrons. The van der Waals surface area contributed by atoms with Gasteiger partial charge in [0.25, 0.3) is 0 Å². The Morgan fingerprint density at radius 1 is 1.29 bits per heavy atom. The minimum absolute atomic E-state index is 0.0232. The van der Waals surface area contributed by atoms with Gasteiger partial charge in [-0.3, -0.25) is 14.4 Å². The van der Waals surface area contributed by atoms with Gasteiger partial charge in [0.1, 0.15) is 24.3 Å². The lowest BCUT2D eigenvalue weighted by atomic mass is 9.87. The van der Waals surface area contributed by atoms with Gasteiger partial charge in [-0.25, -0.2) is 4.39 Å². The van der Waals surface area contributed by atoms with Gasteiger partial charge >= 0.3 is 0 Å². The maximum Gasteiger partial charge on any atom is 0.247 e. The normalized spacial score (nSPS) is 21.8. The third-order valence-electron chi connectivity index (χ3n) is 7.35. The average molecular weight is 697 g/mol. The molecular weight excluding hydrogens is 662 g/mol. The molecule has 1 heterocycles. The van der Waals surface area contributed by atoms with E-state index >= 15 is 0 Å². The highest BCUT2D eigenvalue weighted by Gasteiger charge is 2.42. The second-order valence-corrected chi connectivity index (χ2v) is 11.3. The van der Waals surface area contributed by atoms with Crippen LogP contribution in [0.5, 0.6) is 11.5 Å². The van der Waals surface area contributed by atoms with E-state index in [4.69, 9.17) is 14.2 Å². The van der Waals surface area contributed by atoms with Crippen molar-refractivity contribution in [2.24, 2.45) is 5.92 Å². The van der Waals surface area contributed by atoms with Crippen LogP contribution in [-0.4, -0.2) is 91.5 Å². The number of hydrogen-bond acceptors (Lipinski definition) is 8. The maximum absolute atomic E-state index is 13.9. The highest BCUT2D eigenvalue weighted by Crippen LogP contribution is 2.37. The molecular formula is C30H34FIN2O8. The summed E-state index contributed by atoms with van der Waals surface area (Å²) in [5, 5.41) is 23.6. The van der Waals surface area contributed by atoms with Gasteiger partial charge in [0.05, 0.1) is 35.9 Å². The maximum atomic E-state index is 13.9. The highest BCUT2D eigenvalue weighted by atomic mass is 127. The van der Waals surface area contributed by atoms with Crippen LogP contribution in [0.15, 0.2) is 48.0 Å². The second-order valence-electron chi connectivity index (χ2n) is 10.1. The quantitative estimate of drug-likeness (QED) is 0.228. The molecule has 1 fully saturated rings. The number of methoxy groups -OCH3 is 1. The standard InChI is InChI=1S/C30H34FIN2O8/c1-40-26-13-19(16-36)12-23(32)28(26)42-25-15-21(29(38)33-7-9-35)14-24(27(25)37)34(30(39)20-6-10-41-17-20)8-5-18-3-2-4-22(31)11-18/h2-4,11-13,15-16,20,24-25,27,35,37H,5-10,14,17H2,1H3,(H,33,38)/t20?,24-,25+,27+/m1/s1. The van der Waals surface area contributed by atoms with E-state index in [1.54, 1.807) is 23.1 Å². The van der Waals surface area contributed by atoms with Gasteiger partial charge in [0.2, 0.25) is 11.8 Å². The van der Waals surface area contributed by atoms with Crippen molar-refractivity contribution in [2.75, 3.05) is 40.0 Å². The molecule has 1 saturated heterocycles. The van der Waals surface area contributed by atoms with Gasteiger partial charge in [-0.2, -0.15) is 0 Å². The van der Waals surface area contributed by atoms with Crippen molar-refractivity contribution in [1.82, 2.24) is 10.2 Å². The molecule has 2 aromatic rings. The van der Waals surface area contributed by atoms with Gasteiger partial charge in [-0.05, 0) is 71.3 Å². The summed E-state index contributed by atoms with van der Waals surface area (Å²) in [6.07, 6.45) is 0.718. The summed E-state index contributed by atoms with van der Waals surface area (Å²) in [6, 6.07) is 8.34. The number of halogens is 2. The Labute approximate surface area is 257 Å². The topological polar surface area (TPSA) is 135 Å². The van der Waals surface area contributed by atoms with Crippen molar-refractivity contribution >= 4 is 40.7 Å². The first kappa shape index (κ1) is 31.9. The van der Waals surface area contributed by atoms with E-state index in [9.17, 15) is 29.0 Å². The van der Waals surface area contributed by atoms with E-state index in [0.29, 0.717) is 40.4 Å². The van der Waals surface area contributed by atoms with Gasteiger partial charge in [0, 0.05) is 37.3 Å². The number of aliphatic hydroxyl groups is 2. The average Bonchev–Trinajstić information content (AvgIpc) is 3.53. The summed E-state index contributed by atoms with van der Waals surface area (Å²) in [5.41, 5.74) is 1.33. The van der Waals surface area contributed by atoms with Crippen molar-refractivity contribution in [3.05, 3.63) is 68.6 Å². The fraction of sp³-hybridized carbons (Fsp3) is 0.433. The summed E-state index contributed by atoms with van der Waals surface area (Å²) >= 11 is 1.99. The lowest BCUT2D eigenvalue weighted by Gasteiger charge is -2.41. The fourth-order valence-electron chi connectivity index (χ4n) is 5.18. The molecule has 0 spiro atoms. The third-order valence-corrected chi connectivity index (χ3v) is 8.15. The van der Waals surface area contributed by atoms with Gasteiger partial charge in [-0.15, -0.1) is 0 Å². The SMILES string of the molecule is COc1cc(C=O)cc(I)c1O[C@H]1C=C(C(=O)NCCO)C[C@@H](N(CCc2cccc(F)c2)C(=O)C2CCOC2)[C@@H]1O.